The minimum absolute atomic E-state index is 0.0530. The molecule has 7 heteroatoms. The van der Waals surface area contributed by atoms with Crippen molar-refractivity contribution in [1.29, 1.82) is 0 Å². The van der Waals surface area contributed by atoms with Crippen LogP contribution in [0.1, 0.15) is 85.6 Å². The first-order valence-corrected chi connectivity index (χ1v) is 11.6. The average molecular weight is 450 g/mol. The Hall–Kier alpha value is -2.41. The number of aliphatic carboxylic acids is 1. The molecule has 0 aliphatic heterocycles. The van der Waals surface area contributed by atoms with Crippen molar-refractivity contribution in [2.24, 2.45) is 16.6 Å². The van der Waals surface area contributed by atoms with Crippen LogP contribution >= 0.6 is 0 Å². The Morgan fingerprint density at radius 2 is 1.22 bits per heavy atom. The summed E-state index contributed by atoms with van der Waals surface area (Å²) in [6, 6.07) is 3.63. The lowest BCUT2D eigenvalue weighted by Gasteiger charge is -2.29. The maximum atomic E-state index is 13.1. The summed E-state index contributed by atoms with van der Waals surface area (Å²) < 4.78 is 11.5. The van der Waals surface area contributed by atoms with Crippen molar-refractivity contribution < 1.29 is 29.0 Å². The van der Waals surface area contributed by atoms with Gasteiger partial charge >= 0.3 is 17.9 Å². The van der Waals surface area contributed by atoms with E-state index in [9.17, 15) is 14.4 Å². The molecule has 1 atom stereocenters. The standard InChI is InChI=1S/C25H39NO6/c1-7-24(8-2,9-3)22(29)31-19-14-13-17(15-18(26)21(27)28)16-20(19)32-23(30)25(10-4,11-5)12-6/h13-14,16,18H,7-12,15,26H2,1-6H3,(H,27,28)/t18-/m0/s1. The zero-order chi connectivity index (χ0) is 24.5. The summed E-state index contributed by atoms with van der Waals surface area (Å²) in [6.07, 6.45) is 3.78. The van der Waals surface area contributed by atoms with Crippen LogP contribution < -0.4 is 15.2 Å². The van der Waals surface area contributed by atoms with Crippen LogP contribution in [0.4, 0.5) is 0 Å². The highest BCUT2D eigenvalue weighted by molar-refractivity contribution is 5.82. The Kier molecular flexibility index (Phi) is 10.4. The number of benzene rings is 1. The van der Waals surface area contributed by atoms with Gasteiger partial charge in [-0.2, -0.15) is 0 Å². The smallest absolute Gasteiger partial charge is 0.320 e. The van der Waals surface area contributed by atoms with Crippen LogP contribution in [0.15, 0.2) is 18.2 Å². The summed E-state index contributed by atoms with van der Waals surface area (Å²) in [7, 11) is 0. The number of carboxylic acids is 1. The largest absolute Gasteiger partial charge is 0.480 e. The number of carboxylic acid groups (broad SMARTS) is 1. The van der Waals surface area contributed by atoms with Gasteiger partial charge in [0.25, 0.3) is 0 Å². The first kappa shape index (κ1) is 27.6. The molecule has 0 aromatic heterocycles. The van der Waals surface area contributed by atoms with E-state index in [1.807, 2.05) is 41.5 Å². The summed E-state index contributed by atoms with van der Waals surface area (Å²) >= 11 is 0. The third kappa shape index (κ3) is 6.09. The molecule has 180 valence electrons. The number of carbonyl (C=O) groups is 3. The van der Waals surface area contributed by atoms with Gasteiger partial charge in [-0.15, -0.1) is 0 Å². The third-order valence-electron chi connectivity index (χ3n) is 7.11. The molecule has 32 heavy (non-hydrogen) atoms. The molecule has 0 amide bonds. The molecule has 7 nitrogen and oxygen atoms in total. The van der Waals surface area contributed by atoms with Crippen LogP contribution in [0.25, 0.3) is 0 Å². The zero-order valence-corrected chi connectivity index (χ0v) is 20.3. The highest BCUT2D eigenvalue weighted by atomic mass is 16.6. The minimum Gasteiger partial charge on any atom is -0.480 e. The van der Waals surface area contributed by atoms with Crippen molar-refractivity contribution in [2.45, 2.75) is 92.5 Å². The summed E-state index contributed by atoms with van der Waals surface area (Å²) in [4.78, 5) is 37.3. The fraction of sp³-hybridized carbons (Fsp3) is 0.640. The molecule has 0 saturated carbocycles. The maximum absolute atomic E-state index is 13.1. The van der Waals surface area contributed by atoms with Gasteiger partial charge in [-0.25, -0.2) is 0 Å². The van der Waals surface area contributed by atoms with Gasteiger partial charge in [-0.3, -0.25) is 14.4 Å². The molecule has 0 aliphatic carbocycles. The van der Waals surface area contributed by atoms with Gasteiger partial charge in [-0.05, 0) is 62.6 Å². The number of rotatable bonds is 13. The van der Waals surface area contributed by atoms with Crippen molar-refractivity contribution in [3.05, 3.63) is 23.8 Å². The lowest BCUT2D eigenvalue weighted by molar-refractivity contribution is -0.149. The van der Waals surface area contributed by atoms with Crippen molar-refractivity contribution in [1.82, 2.24) is 0 Å². The molecule has 3 N–H and O–H groups in total. The molecule has 1 aromatic rings. The fourth-order valence-corrected chi connectivity index (χ4v) is 3.97. The van der Waals surface area contributed by atoms with Gasteiger partial charge in [0.2, 0.25) is 0 Å². The SMILES string of the molecule is CCC(CC)(CC)C(=O)Oc1ccc(C[C@H](N)C(=O)O)cc1OC(=O)C(CC)(CC)CC. The monoisotopic (exact) mass is 449 g/mol. The van der Waals surface area contributed by atoms with E-state index in [0.717, 1.165) is 0 Å². The van der Waals surface area contributed by atoms with E-state index < -0.39 is 28.8 Å². The van der Waals surface area contributed by atoms with E-state index in [1.54, 1.807) is 18.2 Å². The number of ether oxygens (including phenoxy) is 2. The van der Waals surface area contributed by atoms with Crippen molar-refractivity contribution in [3.63, 3.8) is 0 Å². The molecule has 0 aliphatic rings. The fourth-order valence-electron chi connectivity index (χ4n) is 3.97. The van der Waals surface area contributed by atoms with Gasteiger partial charge in [0.15, 0.2) is 11.5 Å². The second-order valence-corrected chi connectivity index (χ2v) is 8.39. The van der Waals surface area contributed by atoms with Gasteiger partial charge in [0.05, 0.1) is 10.8 Å². The summed E-state index contributed by atoms with van der Waals surface area (Å²) in [5.41, 5.74) is 4.98. The zero-order valence-electron chi connectivity index (χ0n) is 20.3. The molecule has 0 heterocycles. The topological polar surface area (TPSA) is 116 Å². The second-order valence-electron chi connectivity index (χ2n) is 8.39. The molecule has 1 rings (SSSR count). The highest BCUT2D eigenvalue weighted by Crippen LogP contribution is 2.38. The maximum Gasteiger partial charge on any atom is 0.320 e. The normalized spacial score (nSPS) is 12.8. The van der Waals surface area contributed by atoms with E-state index in [1.165, 1.54) is 0 Å². The minimum atomic E-state index is -1.13. The van der Waals surface area contributed by atoms with Crippen LogP contribution in [0.3, 0.4) is 0 Å². The van der Waals surface area contributed by atoms with Crippen molar-refractivity contribution in [3.8, 4) is 11.5 Å². The van der Waals surface area contributed by atoms with Crippen LogP contribution in [-0.4, -0.2) is 29.1 Å². The first-order chi connectivity index (χ1) is 15.1. The van der Waals surface area contributed by atoms with Crippen LogP contribution in [0, 0.1) is 10.8 Å². The Labute approximate surface area is 191 Å². The average Bonchev–Trinajstić information content (AvgIpc) is 2.78. The highest BCUT2D eigenvalue weighted by Gasteiger charge is 2.37. The molecule has 1 aromatic carbocycles. The van der Waals surface area contributed by atoms with E-state index in [0.29, 0.717) is 44.1 Å². The quantitative estimate of drug-likeness (QED) is 0.325. The van der Waals surface area contributed by atoms with Gasteiger partial charge < -0.3 is 20.3 Å². The number of nitrogens with two attached hydrogens (primary N) is 1. The third-order valence-corrected chi connectivity index (χ3v) is 7.11. The Bertz CT molecular complexity index is 779. The van der Waals surface area contributed by atoms with Crippen LogP contribution in [-0.2, 0) is 20.8 Å². The molecule has 0 saturated heterocycles. The molecule has 0 bridgehead atoms. The van der Waals surface area contributed by atoms with Gasteiger partial charge in [0, 0.05) is 0 Å². The Morgan fingerprint density at radius 3 is 1.59 bits per heavy atom. The number of esters is 2. The van der Waals surface area contributed by atoms with Gasteiger partial charge in [0.1, 0.15) is 6.04 Å². The molecule has 0 fully saturated rings. The summed E-state index contributed by atoms with van der Waals surface area (Å²) in [6.45, 7) is 11.7. The molecule has 0 unspecified atom stereocenters. The van der Waals surface area contributed by atoms with Crippen molar-refractivity contribution in [2.75, 3.05) is 0 Å². The number of hydrogen-bond donors (Lipinski definition) is 2. The lowest BCUT2D eigenvalue weighted by Crippen LogP contribution is -2.35. The Morgan fingerprint density at radius 1 is 0.812 bits per heavy atom. The Balaban J connectivity index is 3.39. The number of hydrogen-bond acceptors (Lipinski definition) is 6. The van der Waals surface area contributed by atoms with E-state index in [4.69, 9.17) is 20.3 Å². The lowest BCUT2D eigenvalue weighted by atomic mass is 9.80. The molecular weight excluding hydrogens is 410 g/mol. The summed E-state index contributed by atoms with van der Waals surface area (Å²) in [5.74, 6) is -1.64. The second kappa shape index (κ2) is 12.0. The van der Waals surface area contributed by atoms with Crippen molar-refractivity contribution >= 4 is 17.9 Å². The predicted octanol–water partition coefficient (Wildman–Crippen LogP) is 4.88. The summed E-state index contributed by atoms with van der Waals surface area (Å²) in [5, 5.41) is 9.13. The molecule has 0 radical (unpaired) electrons. The van der Waals surface area contributed by atoms with Crippen LogP contribution in [0.2, 0.25) is 0 Å². The van der Waals surface area contributed by atoms with E-state index in [2.05, 4.69) is 0 Å². The van der Waals surface area contributed by atoms with E-state index in [-0.39, 0.29) is 23.9 Å². The number of carbonyl (C=O) groups excluding carboxylic acids is 2. The van der Waals surface area contributed by atoms with Crippen LogP contribution in [0.5, 0.6) is 11.5 Å². The molecular formula is C25H39NO6. The van der Waals surface area contributed by atoms with Gasteiger partial charge in [-0.1, -0.05) is 47.6 Å². The van der Waals surface area contributed by atoms with E-state index >= 15 is 0 Å². The predicted molar refractivity (Wildman–Crippen MR) is 124 cm³/mol. The molecule has 0 spiro atoms. The first-order valence-electron chi connectivity index (χ1n) is 11.6.